The maximum atomic E-state index is 13.0. The van der Waals surface area contributed by atoms with Gasteiger partial charge in [0.15, 0.2) is 15.6 Å². The Morgan fingerprint density at radius 2 is 1.97 bits per heavy atom. The minimum absolute atomic E-state index is 0.0525. The molecule has 1 aliphatic rings. The van der Waals surface area contributed by atoms with Crippen molar-refractivity contribution in [3.63, 3.8) is 0 Å². The van der Waals surface area contributed by atoms with Crippen LogP contribution in [-0.2, 0) is 19.9 Å². The van der Waals surface area contributed by atoms with Crippen LogP contribution in [0.2, 0.25) is 0 Å². The van der Waals surface area contributed by atoms with E-state index in [0.29, 0.717) is 17.9 Å². The number of aryl methyl sites for hydroxylation is 2. The number of furan rings is 1. The summed E-state index contributed by atoms with van der Waals surface area (Å²) in [5, 5.41) is 4.44. The molecule has 0 spiro atoms. The van der Waals surface area contributed by atoms with Crippen LogP contribution in [0.15, 0.2) is 52.0 Å². The first-order valence-electron chi connectivity index (χ1n) is 9.08. The van der Waals surface area contributed by atoms with E-state index in [-0.39, 0.29) is 22.2 Å². The third-order valence-corrected chi connectivity index (χ3v) is 8.19. The van der Waals surface area contributed by atoms with Crippen LogP contribution >= 0.6 is 0 Å². The van der Waals surface area contributed by atoms with Gasteiger partial charge in [-0.15, -0.1) is 0 Å². The van der Waals surface area contributed by atoms with Crippen molar-refractivity contribution < 1.29 is 21.3 Å². The molecular weight excluding hydrogens is 414 g/mol. The monoisotopic (exact) mass is 435 g/mol. The van der Waals surface area contributed by atoms with Gasteiger partial charge in [0.25, 0.3) is 10.0 Å². The molecule has 3 aromatic rings. The van der Waals surface area contributed by atoms with Crippen LogP contribution < -0.4 is 4.72 Å². The van der Waals surface area contributed by atoms with Crippen LogP contribution in [0, 0.1) is 13.8 Å². The molecule has 0 saturated carbocycles. The van der Waals surface area contributed by atoms with Gasteiger partial charge in [0.2, 0.25) is 0 Å². The molecule has 8 nitrogen and oxygen atoms in total. The summed E-state index contributed by atoms with van der Waals surface area (Å²) < 4.78 is 59.2. The lowest BCUT2D eigenvalue weighted by molar-refractivity contribution is 0.504. The Labute approximate surface area is 169 Å². The summed E-state index contributed by atoms with van der Waals surface area (Å²) in [6.45, 7) is 3.75. The molecule has 0 aliphatic carbocycles. The predicted molar refractivity (Wildman–Crippen MR) is 109 cm³/mol. The van der Waals surface area contributed by atoms with Crippen LogP contribution in [0.25, 0.3) is 11.5 Å². The molecule has 0 bridgehead atoms. The normalized spacial score (nSPS) is 18.8. The summed E-state index contributed by atoms with van der Waals surface area (Å²) in [5.74, 6) is 0.648. The average Bonchev–Trinajstić information content (AvgIpc) is 3.36. The lowest BCUT2D eigenvalue weighted by Crippen LogP contribution is -2.20. The number of hydrogen-bond acceptors (Lipinski definition) is 6. The quantitative estimate of drug-likeness (QED) is 0.660. The Morgan fingerprint density at radius 1 is 1.17 bits per heavy atom. The van der Waals surface area contributed by atoms with Crippen molar-refractivity contribution in [3.05, 3.63) is 53.8 Å². The third-order valence-electron chi connectivity index (χ3n) is 5.09. The highest BCUT2D eigenvalue weighted by Gasteiger charge is 2.32. The average molecular weight is 436 g/mol. The number of anilines is 1. The standard InChI is InChI=1S/C19H21N3O5S2/c1-13-5-6-16(10-14(13)2)29(25,26)21-19-11-17(18-4-3-8-27-18)20-22(19)15-7-9-28(23,24)12-15/h3-6,8,10-11,15,21H,7,9,12H2,1-2H3/t15-/m0/s1. The molecule has 10 heteroatoms. The van der Waals surface area contributed by atoms with Crippen molar-refractivity contribution in [2.75, 3.05) is 16.2 Å². The van der Waals surface area contributed by atoms with Gasteiger partial charge in [-0.1, -0.05) is 6.07 Å². The smallest absolute Gasteiger partial charge is 0.263 e. The Hall–Kier alpha value is -2.59. The maximum Gasteiger partial charge on any atom is 0.263 e. The second-order valence-electron chi connectivity index (χ2n) is 7.25. The largest absolute Gasteiger partial charge is 0.463 e. The van der Waals surface area contributed by atoms with Crippen molar-refractivity contribution >= 4 is 25.7 Å². The zero-order valence-electron chi connectivity index (χ0n) is 16.0. The first kappa shape index (κ1) is 19.7. The predicted octanol–water partition coefficient (Wildman–Crippen LogP) is 2.92. The highest BCUT2D eigenvalue weighted by Crippen LogP contribution is 2.31. The van der Waals surface area contributed by atoms with Gasteiger partial charge in [0, 0.05) is 6.07 Å². The molecule has 0 amide bonds. The number of sulfonamides is 1. The minimum atomic E-state index is -3.88. The van der Waals surface area contributed by atoms with Crippen LogP contribution in [0.1, 0.15) is 23.6 Å². The van der Waals surface area contributed by atoms with Gasteiger partial charge in [-0.2, -0.15) is 5.10 Å². The van der Waals surface area contributed by atoms with Crippen molar-refractivity contribution in [3.8, 4) is 11.5 Å². The fraction of sp³-hybridized carbons (Fsp3) is 0.316. The maximum absolute atomic E-state index is 13.0. The highest BCUT2D eigenvalue weighted by atomic mass is 32.2. The van der Waals surface area contributed by atoms with Gasteiger partial charge in [-0.25, -0.2) is 21.5 Å². The number of hydrogen-bond donors (Lipinski definition) is 1. The van der Waals surface area contributed by atoms with Gasteiger partial charge in [-0.3, -0.25) is 4.72 Å². The summed E-state index contributed by atoms with van der Waals surface area (Å²) in [5.41, 5.74) is 2.28. The Bertz CT molecular complexity index is 1260. The number of sulfone groups is 1. The molecule has 1 aromatic carbocycles. The molecule has 1 aliphatic heterocycles. The Kier molecular flexibility index (Phi) is 4.78. The number of rotatable bonds is 5. The molecule has 3 heterocycles. The number of nitrogens with one attached hydrogen (secondary N) is 1. The van der Waals surface area contributed by atoms with Gasteiger partial charge >= 0.3 is 0 Å². The summed E-state index contributed by atoms with van der Waals surface area (Å²) in [7, 11) is -7.05. The zero-order chi connectivity index (χ0) is 20.8. The number of nitrogens with zero attached hydrogens (tertiary/aromatic N) is 2. The molecule has 1 N–H and O–H groups in total. The highest BCUT2D eigenvalue weighted by molar-refractivity contribution is 7.92. The molecule has 1 atom stereocenters. The van der Waals surface area contributed by atoms with E-state index >= 15 is 0 Å². The molecule has 4 rings (SSSR count). The molecule has 154 valence electrons. The van der Waals surface area contributed by atoms with Gasteiger partial charge in [0.1, 0.15) is 11.5 Å². The number of benzene rings is 1. The molecular formula is C19H21N3O5S2. The van der Waals surface area contributed by atoms with E-state index in [2.05, 4.69) is 9.82 Å². The van der Waals surface area contributed by atoms with Crippen LogP contribution in [0.3, 0.4) is 0 Å². The summed E-state index contributed by atoms with van der Waals surface area (Å²) in [6.07, 6.45) is 1.87. The minimum Gasteiger partial charge on any atom is -0.463 e. The zero-order valence-corrected chi connectivity index (χ0v) is 17.6. The van der Waals surface area contributed by atoms with E-state index in [4.69, 9.17) is 4.42 Å². The van der Waals surface area contributed by atoms with Crippen molar-refractivity contribution in [1.29, 1.82) is 0 Å². The van der Waals surface area contributed by atoms with Crippen molar-refractivity contribution in [2.45, 2.75) is 31.2 Å². The Balaban J connectivity index is 1.74. The van der Waals surface area contributed by atoms with Gasteiger partial charge in [0.05, 0.1) is 28.7 Å². The Morgan fingerprint density at radius 3 is 2.59 bits per heavy atom. The van der Waals surface area contributed by atoms with Crippen LogP contribution in [-0.4, -0.2) is 38.1 Å². The summed E-state index contributed by atoms with van der Waals surface area (Å²) >= 11 is 0. The molecule has 0 unspecified atom stereocenters. The molecule has 29 heavy (non-hydrogen) atoms. The molecule has 1 saturated heterocycles. The molecule has 2 aromatic heterocycles. The second kappa shape index (κ2) is 7.03. The lowest BCUT2D eigenvalue weighted by Gasteiger charge is -2.15. The SMILES string of the molecule is Cc1ccc(S(=O)(=O)Nc2cc(-c3ccco3)nn2[C@H]2CCS(=O)(=O)C2)cc1C. The van der Waals surface area contributed by atoms with Crippen LogP contribution in [0.5, 0.6) is 0 Å². The molecule has 1 fully saturated rings. The van der Waals surface area contributed by atoms with E-state index in [9.17, 15) is 16.8 Å². The van der Waals surface area contributed by atoms with Crippen molar-refractivity contribution in [1.82, 2.24) is 9.78 Å². The first-order valence-corrected chi connectivity index (χ1v) is 12.4. The van der Waals surface area contributed by atoms with Gasteiger partial charge < -0.3 is 4.42 Å². The van der Waals surface area contributed by atoms with E-state index in [0.717, 1.165) is 11.1 Å². The van der Waals surface area contributed by atoms with E-state index in [1.807, 2.05) is 13.8 Å². The van der Waals surface area contributed by atoms with E-state index in [1.165, 1.54) is 10.9 Å². The van der Waals surface area contributed by atoms with Crippen LogP contribution in [0.4, 0.5) is 5.82 Å². The third kappa shape index (κ3) is 3.95. The summed E-state index contributed by atoms with van der Waals surface area (Å²) in [6, 6.07) is 9.42. The summed E-state index contributed by atoms with van der Waals surface area (Å²) in [4.78, 5) is 0.131. The van der Waals surface area contributed by atoms with E-state index < -0.39 is 25.9 Å². The van der Waals surface area contributed by atoms with Crippen molar-refractivity contribution in [2.24, 2.45) is 0 Å². The fourth-order valence-corrected chi connectivity index (χ4v) is 6.16. The fourth-order valence-electron chi connectivity index (χ4n) is 3.34. The topological polar surface area (TPSA) is 111 Å². The second-order valence-corrected chi connectivity index (χ2v) is 11.2. The number of aromatic nitrogens is 2. The van der Waals surface area contributed by atoms with E-state index in [1.54, 1.807) is 36.4 Å². The van der Waals surface area contributed by atoms with Gasteiger partial charge in [-0.05, 0) is 55.7 Å². The molecule has 0 radical (unpaired) electrons. The first-order chi connectivity index (χ1) is 13.6. The lowest BCUT2D eigenvalue weighted by atomic mass is 10.1.